The molecule has 0 aromatic heterocycles. The highest BCUT2D eigenvalue weighted by molar-refractivity contribution is 5.71. The van der Waals surface area contributed by atoms with Gasteiger partial charge in [0.1, 0.15) is 13.2 Å². The van der Waals surface area contributed by atoms with Crippen molar-refractivity contribution < 1.29 is 28.6 Å². The molecule has 0 heterocycles. The van der Waals surface area contributed by atoms with Gasteiger partial charge in [-0.25, -0.2) is 0 Å². The average molecular weight is 914 g/mol. The molecule has 0 aliphatic rings. The molecule has 0 saturated carbocycles. The summed E-state index contributed by atoms with van der Waals surface area (Å²) in [6.07, 6.45) is 64.4. The minimum Gasteiger partial charge on any atom is -0.462 e. The lowest BCUT2D eigenvalue weighted by molar-refractivity contribution is -0.167. The summed E-state index contributed by atoms with van der Waals surface area (Å²) in [5, 5.41) is 0. The fourth-order valence-corrected chi connectivity index (χ4v) is 8.33. The average Bonchev–Trinajstić information content (AvgIpc) is 3.30. The molecule has 380 valence electrons. The first-order valence-corrected chi connectivity index (χ1v) is 28.5. The third-order valence-electron chi connectivity index (χ3n) is 12.6. The number of carbonyl (C=O) groups is 3. The van der Waals surface area contributed by atoms with Crippen LogP contribution in [0.15, 0.2) is 36.5 Å². The van der Waals surface area contributed by atoms with Gasteiger partial charge in [-0.3, -0.25) is 14.4 Å². The highest BCUT2D eigenvalue weighted by Gasteiger charge is 2.19. The van der Waals surface area contributed by atoms with Crippen LogP contribution in [-0.2, 0) is 28.6 Å². The molecule has 1 unspecified atom stereocenters. The van der Waals surface area contributed by atoms with E-state index in [1.54, 1.807) is 0 Å². The standard InChI is InChI=1S/C59H108O6/c1-4-7-10-13-16-19-21-22-23-24-25-26-27-28-29-30-31-32-33-34-35-36-38-40-43-46-49-52-58(61)64-55-56(54-63-57(60)51-48-45-42-39-18-15-12-9-6-3)65-59(62)53-50-47-44-41-37-20-17-14-11-8-5-2/h21-22,24-25,27-28,56H,4-20,23,26,29-55H2,1-3H3/b22-21-,25-24-,28-27-. The van der Waals surface area contributed by atoms with Crippen molar-refractivity contribution in [2.24, 2.45) is 0 Å². The van der Waals surface area contributed by atoms with Crippen molar-refractivity contribution in [2.75, 3.05) is 13.2 Å². The summed E-state index contributed by atoms with van der Waals surface area (Å²) in [4.78, 5) is 37.9. The van der Waals surface area contributed by atoms with E-state index in [2.05, 4.69) is 57.2 Å². The van der Waals surface area contributed by atoms with Crippen LogP contribution in [0.1, 0.15) is 303 Å². The van der Waals surface area contributed by atoms with Crippen molar-refractivity contribution in [3.63, 3.8) is 0 Å². The van der Waals surface area contributed by atoms with E-state index in [0.29, 0.717) is 19.3 Å². The zero-order chi connectivity index (χ0) is 47.2. The van der Waals surface area contributed by atoms with Crippen LogP contribution in [0.25, 0.3) is 0 Å². The van der Waals surface area contributed by atoms with Gasteiger partial charge in [0, 0.05) is 19.3 Å². The van der Waals surface area contributed by atoms with Crippen LogP contribution < -0.4 is 0 Å². The molecule has 0 spiro atoms. The monoisotopic (exact) mass is 913 g/mol. The SMILES string of the molecule is CCCCCCC/C=C\C/C=C\C/C=C\CCCCCCCCCCCCCCC(=O)OCC(COC(=O)CCCCCCCCCCC)OC(=O)CCCCCCCCCCCCC. The highest BCUT2D eigenvalue weighted by Crippen LogP contribution is 2.16. The van der Waals surface area contributed by atoms with Gasteiger partial charge in [0.05, 0.1) is 0 Å². The number of hydrogen-bond acceptors (Lipinski definition) is 6. The lowest BCUT2D eigenvalue weighted by atomic mass is 10.0. The molecule has 0 aromatic carbocycles. The largest absolute Gasteiger partial charge is 0.462 e. The molecule has 0 N–H and O–H groups in total. The fourth-order valence-electron chi connectivity index (χ4n) is 8.33. The van der Waals surface area contributed by atoms with E-state index in [1.807, 2.05) is 0 Å². The molecule has 0 saturated heterocycles. The van der Waals surface area contributed by atoms with Crippen LogP contribution >= 0.6 is 0 Å². The minimum absolute atomic E-state index is 0.0680. The van der Waals surface area contributed by atoms with E-state index >= 15 is 0 Å². The topological polar surface area (TPSA) is 78.9 Å². The van der Waals surface area contributed by atoms with E-state index in [4.69, 9.17) is 14.2 Å². The molecule has 6 nitrogen and oxygen atoms in total. The van der Waals surface area contributed by atoms with Crippen LogP contribution in [0.4, 0.5) is 0 Å². The maximum atomic E-state index is 12.8. The summed E-state index contributed by atoms with van der Waals surface area (Å²) in [5.74, 6) is -0.860. The first kappa shape index (κ1) is 62.6. The van der Waals surface area contributed by atoms with E-state index < -0.39 is 6.10 Å². The van der Waals surface area contributed by atoms with Crippen molar-refractivity contribution in [3.8, 4) is 0 Å². The molecular formula is C59H108O6. The predicted molar refractivity (Wildman–Crippen MR) is 279 cm³/mol. The van der Waals surface area contributed by atoms with Gasteiger partial charge in [0.15, 0.2) is 6.10 Å². The third-order valence-corrected chi connectivity index (χ3v) is 12.6. The van der Waals surface area contributed by atoms with Crippen LogP contribution in [0, 0.1) is 0 Å². The summed E-state index contributed by atoms with van der Waals surface area (Å²) < 4.78 is 16.8. The Bertz CT molecular complexity index is 1090. The summed E-state index contributed by atoms with van der Waals surface area (Å²) in [7, 11) is 0. The Kier molecular flexibility index (Phi) is 52.3. The Hall–Kier alpha value is -2.37. The third kappa shape index (κ3) is 52.5. The smallest absolute Gasteiger partial charge is 0.306 e. The molecule has 0 aromatic rings. The van der Waals surface area contributed by atoms with Gasteiger partial charge in [-0.15, -0.1) is 0 Å². The Morgan fingerprint density at radius 2 is 0.554 bits per heavy atom. The number of hydrogen-bond donors (Lipinski definition) is 0. The van der Waals surface area contributed by atoms with Gasteiger partial charge in [-0.05, 0) is 57.8 Å². The number of carbonyl (C=O) groups excluding carboxylic acids is 3. The van der Waals surface area contributed by atoms with Crippen molar-refractivity contribution in [3.05, 3.63) is 36.5 Å². The molecule has 6 heteroatoms. The molecule has 0 bridgehead atoms. The lowest BCUT2D eigenvalue weighted by Crippen LogP contribution is -2.30. The van der Waals surface area contributed by atoms with Crippen molar-refractivity contribution in [1.82, 2.24) is 0 Å². The second kappa shape index (κ2) is 54.2. The number of unbranched alkanes of at least 4 members (excludes halogenated alkanes) is 35. The zero-order valence-electron chi connectivity index (χ0n) is 43.5. The zero-order valence-corrected chi connectivity index (χ0v) is 43.5. The molecule has 0 aliphatic heterocycles. The lowest BCUT2D eigenvalue weighted by Gasteiger charge is -2.18. The fraction of sp³-hybridized carbons (Fsp3) is 0.847. The van der Waals surface area contributed by atoms with E-state index in [0.717, 1.165) is 70.6 Å². The molecular weight excluding hydrogens is 805 g/mol. The van der Waals surface area contributed by atoms with E-state index in [-0.39, 0.29) is 31.1 Å². The van der Waals surface area contributed by atoms with Crippen LogP contribution in [0.5, 0.6) is 0 Å². The molecule has 65 heavy (non-hydrogen) atoms. The molecule has 0 aliphatic carbocycles. The summed E-state index contributed by atoms with van der Waals surface area (Å²) in [5.41, 5.74) is 0. The number of esters is 3. The van der Waals surface area contributed by atoms with Gasteiger partial charge in [0.25, 0.3) is 0 Å². The second-order valence-electron chi connectivity index (χ2n) is 19.2. The van der Waals surface area contributed by atoms with Crippen molar-refractivity contribution in [2.45, 2.75) is 309 Å². The van der Waals surface area contributed by atoms with Gasteiger partial charge < -0.3 is 14.2 Å². The van der Waals surface area contributed by atoms with E-state index in [1.165, 1.54) is 193 Å². The Balaban J connectivity index is 4.10. The first-order chi connectivity index (χ1) is 32.0. The van der Waals surface area contributed by atoms with Crippen LogP contribution in [0.3, 0.4) is 0 Å². The van der Waals surface area contributed by atoms with Crippen molar-refractivity contribution in [1.29, 1.82) is 0 Å². The Labute approximate surface area is 404 Å². The number of allylic oxidation sites excluding steroid dienone is 6. The maximum absolute atomic E-state index is 12.8. The van der Waals surface area contributed by atoms with Gasteiger partial charge >= 0.3 is 17.9 Å². The molecule has 1 atom stereocenters. The summed E-state index contributed by atoms with van der Waals surface area (Å²) in [6, 6.07) is 0. The summed E-state index contributed by atoms with van der Waals surface area (Å²) >= 11 is 0. The van der Waals surface area contributed by atoms with Gasteiger partial charge in [-0.1, -0.05) is 263 Å². The maximum Gasteiger partial charge on any atom is 0.306 e. The quantitative estimate of drug-likeness (QED) is 0.0262. The van der Waals surface area contributed by atoms with Crippen LogP contribution in [-0.4, -0.2) is 37.2 Å². The predicted octanol–water partition coefficient (Wildman–Crippen LogP) is 18.9. The first-order valence-electron chi connectivity index (χ1n) is 28.5. The molecule has 0 amide bonds. The highest BCUT2D eigenvalue weighted by atomic mass is 16.6. The summed E-state index contributed by atoms with van der Waals surface area (Å²) in [6.45, 7) is 6.63. The van der Waals surface area contributed by atoms with E-state index in [9.17, 15) is 14.4 Å². The molecule has 0 fully saturated rings. The van der Waals surface area contributed by atoms with Crippen molar-refractivity contribution >= 4 is 17.9 Å². The number of rotatable bonds is 52. The normalized spacial score (nSPS) is 12.2. The molecule has 0 radical (unpaired) electrons. The van der Waals surface area contributed by atoms with Gasteiger partial charge in [0.2, 0.25) is 0 Å². The molecule has 0 rings (SSSR count). The second-order valence-corrected chi connectivity index (χ2v) is 19.2. The van der Waals surface area contributed by atoms with Gasteiger partial charge in [-0.2, -0.15) is 0 Å². The number of ether oxygens (including phenoxy) is 3. The Morgan fingerprint density at radius 1 is 0.308 bits per heavy atom. The van der Waals surface area contributed by atoms with Crippen LogP contribution in [0.2, 0.25) is 0 Å². The minimum atomic E-state index is -0.765. The Morgan fingerprint density at radius 3 is 0.862 bits per heavy atom.